The fourth-order valence-corrected chi connectivity index (χ4v) is 3.50. The van der Waals surface area contributed by atoms with Crippen molar-refractivity contribution in [2.24, 2.45) is 11.8 Å². The molecule has 0 aromatic rings. The summed E-state index contributed by atoms with van der Waals surface area (Å²) in [4.78, 5) is 11.6. The summed E-state index contributed by atoms with van der Waals surface area (Å²) >= 11 is 0. The normalized spacial score (nSPS) is 32.1. The summed E-state index contributed by atoms with van der Waals surface area (Å²) in [7, 11) is 0. The van der Waals surface area contributed by atoms with Crippen LogP contribution < -0.4 is 5.32 Å². The Bertz CT molecular complexity index is 281. The van der Waals surface area contributed by atoms with Gasteiger partial charge in [0.2, 0.25) is 0 Å². The van der Waals surface area contributed by atoms with Crippen LogP contribution in [0.15, 0.2) is 0 Å². The number of fused-ring (bicyclic) bond motifs is 1. The van der Waals surface area contributed by atoms with Crippen molar-refractivity contribution in [3.05, 3.63) is 0 Å². The first kappa shape index (κ1) is 13.9. The van der Waals surface area contributed by atoms with Gasteiger partial charge in [-0.1, -0.05) is 25.7 Å². The minimum atomic E-state index is -0.373. The van der Waals surface area contributed by atoms with E-state index in [2.05, 4.69) is 5.32 Å². The largest absolute Gasteiger partial charge is 0.459 e. The molecule has 0 aromatic carbocycles. The monoisotopic (exact) mass is 253 g/mol. The van der Waals surface area contributed by atoms with Crippen LogP contribution in [0.25, 0.3) is 0 Å². The number of nitrogens with one attached hydrogen (secondary N) is 1. The van der Waals surface area contributed by atoms with Crippen molar-refractivity contribution in [1.82, 2.24) is 5.32 Å². The Morgan fingerprint density at radius 3 is 2.22 bits per heavy atom. The van der Waals surface area contributed by atoms with Crippen molar-refractivity contribution < 1.29 is 9.53 Å². The number of esters is 1. The number of ether oxygens (including phenoxy) is 1. The first-order valence-corrected chi connectivity index (χ1v) is 7.39. The summed E-state index contributed by atoms with van der Waals surface area (Å²) in [5, 5.41) is 3.39. The lowest BCUT2D eigenvalue weighted by Crippen LogP contribution is -2.36. The Balaban J connectivity index is 1.70. The number of hydrogen-bond acceptors (Lipinski definition) is 3. The van der Waals surface area contributed by atoms with Gasteiger partial charge >= 0.3 is 5.97 Å². The molecule has 0 bridgehead atoms. The van der Waals surface area contributed by atoms with E-state index in [-0.39, 0.29) is 11.6 Å². The van der Waals surface area contributed by atoms with Crippen LogP contribution in [0.2, 0.25) is 0 Å². The van der Waals surface area contributed by atoms with E-state index in [0.29, 0.717) is 12.6 Å². The van der Waals surface area contributed by atoms with Gasteiger partial charge in [-0.3, -0.25) is 4.79 Å². The minimum Gasteiger partial charge on any atom is -0.459 e. The van der Waals surface area contributed by atoms with Crippen LogP contribution >= 0.6 is 0 Å². The zero-order valence-corrected chi connectivity index (χ0v) is 12.0. The van der Waals surface area contributed by atoms with E-state index < -0.39 is 0 Å². The molecule has 0 saturated heterocycles. The number of carbonyl (C=O) groups is 1. The lowest BCUT2D eigenvalue weighted by molar-refractivity contribution is -0.153. The summed E-state index contributed by atoms with van der Waals surface area (Å²) in [5.74, 6) is 1.70. The van der Waals surface area contributed by atoms with Gasteiger partial charge < -0.3 is 10.1 Å². The summed E-state index contributed by atoms with van der Waals surface area (Å²) < 4.78 is 5.31. The number of rotatable bonds is 3. The van der Waals surface area contributed by atoms with Crippen molar-refractivity contribution in [1.29, 1.82) is 0 Å². The van der Waals surface area contributed by atoms with Crippen molar-refractivity contribution in [2.75, 3.05) is 6.54 Å². The lowest BCUT2D eigenvalue weighted by atomic mass is 9.82. The van der Waals surface area contributed by atoms with E-state index in [4.69, 9.17) is 4.74 Å². The lowest BCUT2D eigenvalue weighted by Gasteiger charge is -2.24. The summed E-state index contributed by atoms with van der Waals surface area (Å²) in [6, 6.07) is 0.533. The van der Waals surface area contributed by atoms with Crippen molar-refractivity contribution in [3.8, 4) is 0 Å². The molecule has 3 heteroatoms. The topological polar surface area (TPSA) is 38.3 Å². The Kier molecular flexibility index (Phi) is 4.31. The van der Waals surface area contributed by atoms with Gasteiger partial charge in [0, 0.05) is 6.04 Å². The molecule has 0 spiro atoms. The van der Waals surface area contributed by atoms with Gasteiger partial charge in [-0.15, -0.1) is 0 Å². The molecule has 18 heavy (non-hydrogen) atoms. The van der Waals surface area contributed by atoms with Crippen LogP contribution in [-0.2, 0) is 9.53 Å². The first-order valence-electron chi connectivity index (χ1n) is 7.39. The Morgan fingerprint density at radius 1 is 1.17 bits per heavy atom. The second-order valence-electron chi connectivity index (χ2n) is 6.94. The quantitative estimate of drug-likeness (QED) is 0.786. The maximum atomic E-state index is 11.6. The molecule has 104 valence electrons. The summed E-state index contributed by atoms with van der Waals surface area (Å²) in [5.41, 5.74) is -0.373. The molecule has 2 unspecified atom stereocenters. The highest BCUT2D eigenvalue weighted by molar-refractivity contribution is 5.72. The first-order chi connectivity index (χ1) is 8.44. The van der Waals surface area contributed by atoms with Gasteiger partial charge in [-0.2, -0.15) is 0 Å². The van der Waals surface area contributed by atoms with E-state index >= 15 is 0 Å². The van der Waals surface area contributed by atoms with E-state index in [1.165, 1.54) is 38.5 Å². The number of carbonyl (C=O) groups excluding carboxylic acids is 1. The van der Waals surface area contributed by atoms with Gasteiger partial charge in [0.1, 0.15) is 5.60 Å². The molecule has 2 atom stereocenters. The molecule has 0 radical (unpaired) electrons. The molecular weight excluding hydrogens is 226 g/mol. The second kappa shape index (κ2) is 5.60. The Morgan fingerprint density at radius 2 is 1.72 bits per heavy atom. The third-order valence-electron chi connectivity index (χ3n) is 4.20. The molecule has 3 nitrogen and oxygen atoms in total. The van der Waals surface area contributed by atoms with Gasteiger partial charge in [0.05, 0.1) is 6.54 Å². The second-order valence-corrected chi connectivity index (χ2v) is 6.94. The average molecular weight is 253 g/mol. The highest BCUT2D eigenvalue weighted by atomic mass is 16.6. The molecule has 2 fully saturated rings. The fourth-order valence-electron chi connectivity index (χ4n) is 3.50. The van der Waals surface area contributed by atoms with E-state index in [1.54, 1.807) is 0 Å². The molecule has 0 aliphatic heterocycles. The molecule has 0 heterocycles. The van der Waals surface area contributed by atoms with Crippen LogP contribution in [0.1, 0.15) is 59.3 Å². The van der Waals surface area contributed by atoms with Crippen molar-refractivity contribution in [2.45, 2.75) is 70.9 Å². The zero-order valence-electron chi connectivity index (χ0n) is 12.0. The molecule has 2 aliphatic rings. The van der Waals surface area contributed by atoms with E-state index in [0.717, 1.165) is 11.8 Å². The predicted molar refractivity (Wildman–Crippen MR) is 72.3 cm³/mol. The van der Waals surface area contributed by atoms with Crippen LogP contribution in [-0.4, -0.2) is 24.2 Å². The third kappa shape index (κ3) is 3.98. The molecule has 2 saturated carbocycles. The molecule has 0 aromatic heterocycles. The third-order valence-corrected chi connectivity index (χ3v) is 4.20. The van der Waals surface area contributed by atoms with Crippen LogP contribution in [0.4, 0.5) is 0 Å². The predicted octanol–water partition coefficient (Wildman–Crippen LogP) is 2.89. The highest BCUT2D eigenvalue weighted by Gasteiger charge is 2.35. The molecule has 2 aliphatic carbocycles. The Labute approximate surface area is 111 Å². The maximum Gasteiger partial charge on any atom is 0.320 e. The summed E-state index contributed by atoms with van der Waals surface area (Å²) in [6.45, 7) is 6.10. The Hall–Kier alpha value is -0.570. The highest BCUT2D eigenvalue weighted by Crippen LogP contribution is 2.42. The summed E-state index contributed by atoms with van der Waals surface area (Å²) in [6.07, 6.45) is 8.12. The minimum absolute atomic E-state index is 0.127. The van der Waals surface area contributed by atoms with Gasteiger partial charge in [-0.25, -0.2) is 0 Å². The zero-order chi connectivity index (χ0) is 13.2. The van der Waals surface area contributed by atoms with E-state index in [9.17, 15) is 4.79 Å². The van der Waals surface area contributed by atoms with Crippen LogP contribution in [0, 0.1) is 11.8 Å². The average Bonchev–Trinajstić information content (AvgIpc) is 2.66. The van der Waals surface area contributed by atoms with Gasteiger partial charge in [0.15, 0.2) is 0 Å². The smallest absolute Gasteiger partial charge is 0.320 e. The molecular formula is C15H27NO2. The SMILES string of the molecule is CC(C)(C)OC(=O)CNC1CC2CCCCC2C1. The van der Waals surface area contributed by atoms with Crippen molar-refractivity contribution in [3.63, 3.8) is 0 Å². The standard InChI is InChI=1S/C15H27NO2/c1-15(2,3)18-14(17)10-16-13-8-11-6-4-5-7-12(11)9-13/h11-13,16H,4-10H2,1-3H3. The van der Waals surface area contributed by atoms with Crippen LogP contribution in [0.5, 0.6) is 0 Å². The molecule has 2 rings (SSSR count). The number of hydrogen-bond donors (Lipinski definition) is 1. The van der Waals surface area contributed by atoms with Crippen LogP contribution in [0.3, 0.4) is 0 Å². The maximum absolute atomic E-state index is 11.6. The van der Waals surface area contributed by atoms with Crippen molar-refractivity contribution >= 4 is 5.97 Å². The molecule has 1 N–H and O–H groups in total. The fraction of sp³-hybridized carbons (Fsp3) is 0.933. The van der Waals surface area contributed by atoms with Gasteiger partial charge in [-0.05, 0) is 45.4 Å². The van der Waals surface area contributed by atoms with E-state index in [1.807, 2.05) is 20.8 Å². The van der Waals surface area contributed by atoms with Gasteiger partial charge in [0.25, 0.3) is 0 Å². The molecule has 0 amide bonds.